The molecule has 0 aromatic heterocycles. The molecule has 4 atom stereocenters. The van der Waals surface area contributed by atoms with E-state index < -0.39 is 0 Å². The van der Waals surface area contributed by atoms with Crippen LogP contribution in [-0.4, -0.2) is 37.0 Å². The standard InChI is InChI=1S/C14H29NO2/c1-10(2)5-12(4)17-9-14(16)8-15-7-13-6-11(13)3/h10-16H,5-9H2,1-4H3. The fraction of sp³-hybridized carbons (Fsp3) is 1.00. The highest BCUT2D eigenvalue weighted by Crippen LogP contribution is 2.36. The van der Waals surface area contributed by atoms with E-state index in [0.717, 1.165) is 24.8 Å². The molecule has 2 N–H and O–H groups in total. The van der Waals surface area contributed by atoms with Crippen molar-refractivity contribution in [1.29, 1.82) is 0 Å². The summed E-state index contributed by atoms with van der Waals surface area (Å²) in [5, 5.41) is 13.1. The third-order valence-electron chi connectivity index (χ3n) is 3.44. The summed E-state index contributed by atoms with van der Waals surface area (Å²) in [5.41, 5.74) is 0. The number of aliphatic hydroxyl groups is 1. The van der Waals surface area contributed by atoms with Crippen molar-refractivity contribution in [3.05, 3.63) is 0 Å². The molecule has 0 heterocycles. The lowest BCUT2D eigenvalue weighted by Gasteiger charge is -2.18. The van der Waals surface area contributed by atoms with E-state index in [1.807, 2.05) is 0 Å². The molecule has 17 heavy (non-hydrogen) atoms. The molecular formula is C14H29NO2. The lowest BCUT2D eigenvalue weighted by molar-refractivity contribution is -0.00851. The summed E-state index contributed by atoms with van der Waals surface area (Å²) in [7, 11) is 0. The van der Waals surface area contributed by atoms with Crippen molar-refractivity contribution in [2.75, 3.05) is 19.7 Å². The molecule has 1 aliphatic rings. The first-order valence-electron chi connectivity index (χ1n) is 6.99. The van der Waals surface area contributed by atoms with E-state index in [1.165, 1.54) is 6.42 Å². The van der Waals surface area contributed by atoms with Crippen LogP contribution in [0.5, 0.6) is 0 Å². The van der Waals surface area contributed by atoms with E-state index in [0.29, 0.717) is 19.1 Å². The van der Waals surface area contributed by atoms with Gasteiger partial charge in [0.05, 0.1) is 18.8 Å². The lowest BCUT2D eigenvalue weighted by atomic mass is 10.1. The van der Waals surface area contributed by atoms with Crippen molar-refractivity contribution in [2.24, 2.45) is 17.8 Å². The van der Waals surface area contributed by atoms with E-state index in [9.17, 15) is 5.11 Å². The van der Waals surface area contributed by atoms with Gasteiger partial charge in [-0.1, -0.05) is 20.8 Å². The average Bonchev–Trinajstić information content (AvgIpc) is 2.91. The predicted molar refractivity (Wildman–Crippen MR) is 71.0 cm³/mol. The predicted octanol–water partition coefficient (Wildman–Crippen LogP) is 2.04. The van der Waals surface area contributed by atoms with Gasteiger partial charge in [-0.2, -0.15) is 0 Å². The zero-order chi connectivity index (χ0) is 12.8. The normalized spacial score (nSPS) is 27.2. The van der Waals surface area contributed by atoms with Crippen molar-refractivity contribution in [3.63, 3.8) is 0 Å². The highest BCUT2D eigenvalue weighted by atomic mass is 16.5. The summed E-state index contributed by atoms with van der Waals surface area (Å²) < 4.78 is 5.62. The van der Waals surface area contributed by atoms with Crippen LogP contribution in [0.2, 0.25) is 0 Å². The molecule has 4 unspecified atom stereocenters. The van der Waals surface area contributed by atoms with Gasteiger partial charge in [-0.05, 0) is 44.1 Å². The van der Waals surface area contributed by atoms with Crippen LogP contribution in [0.15, 0.2) is 0 Å². The molecule has 102 valence electrons. The molecule has 0 aromatic carbocycles. The van der Waals surface area contributed by atoms with E-state index in [4.69, 9.17) is 4.74 Å². The van der Waals surface area contributed by atoms with Crippen molar-refractivity contribution < 1.29 is 9.84 Å². The molecule has 1 rings (SSSR count). The van der Waals surface area contributed by atoms with Crippen molar-refractivity contribution >= 4 is 0 Å². The third-order valence-corrected chi connectivity index (χ3v) is 3.44. The van der Waals surface area contributed by atoms with Gasteiger partial charge in [0, 0.05) is 6.54 Å². The van der Waals surface area contributed by atoms with Crippen molar-refractivity contribution in [3.8, 4) is 0 Å². The van der Waals surface area contributed by atoms with Crippen LogP contribution in [0.1, 0.15) is 40.5 Å². The second kappa shape index (κ2) is 7.34. The number of ether oxygens (including phenoxy) is 1. The summed E-state index contributed by atoms with van der Waals surface area (Å²) >= 11 is 0. The molecule has 0 saturated heterocycles. The molecule has 3 nitrogen and oxygen atoms in total. The van der Waals surface area contributed by atoms with Gasteiger partial charge in [-0.25, -0.2) is 0 Å². The van der Waals surface area contributed by atoms with Crippen molar-refractivity contribution in [2.45, 2.75) is 52.7 Å². The summed E-state index contributed by atoms with van der Waals surface area (Å²) in [6, 6.07) is 0. The second-order valence-corrected chi connectivity index (χ2v) is 6.06. The highest BCUT2D eigenvalue weighted by molar-refractivity contribution is 4.84. The van der Waals surface area contributed by atoms with Gasteiger partial charge in [-0.15, -0.1) is 0 Å². The molecule has 0 bridgehead atoms. The maximum atomic E-state index is 9.74. The van der Waals surface area contributed by atoms with Gasteiger partial charge in [0.15, 0.2) is 0 Å². The van der Waals surface area contributed by atoms with E-state index in [2.05, 4.69) is 33.0 Å². The first-order valence-corrected chi connectivity index (χ1v) is 6.99. The van der Waals surface area contributed by atoms with Crippen LogP contribution in [0.4, 0.5) is 0 Å². The Morgan fingerprint density at radius 2 is 2.00 bits per heavy atom. The maximum Gasteiger partial charge on any atom is 0.0897 e. The summed E-state index contributed by atoms with van der Waals surface area (Å²) in [4.78, 5) is 0. The van der Waals surface area contributed by atoms with Gasteiger partial charge in [0.25, 0.3) is 0 Å². The number of hydrogen-bond donors (Lipinski definition) is 2. The second-order valence-electron chi connectivity index (χ2n) is 6.06. The minimum Gasteiger partial charge on any atom is -0.389 e. The maximum absolute atomic E-state index is 9.74. The van der Waals surface area contributed by atoms with Gasteiger partial charge >= 0.3 is 0 Å². The van der Waals surface area contributed by atoms with E-state index >= 15 is 0 Å². The first-order chi connectivity index (χ1) is 7.99. The summed E-state index contributed by atoms with van der Waals surface area (Å²) in [6.07, 6.45) is 2.26. The van der Waals surface area contributed by atoms with Crippen LogP contribution < -0.4 is 5.32 Å². The summed E-state index contributed by atoms with van der Waals surface area (Å²) in [5.74, 6) is 2.36. The third kappa shape index (κ3) is 7.02. The topological polar surface area (TPSA) is 41.5 Å². The Morgan fingerprint density at radius 1 is 1.35 bits per heavy atom. The average molecular weight is 243 g/mol. The number of hydrogen-bond acceptors (Lipinski definition) is 3. The number of aliphatic hydroxyl groups excluding tert-OH is 1. The molecule has 0 aromatic rings. The van der Waals surface area contributed by atoms with E-state index in [-0.39, 0.29) is 12.2 Å². The Bertz CT molecular complexity index is 208. The SMILES string of the molecule is CC(C)CC(C)OCC(O)CNCC1CC1C. The summed E-state index contributed by atoms with van der Waals surface area (Å²) in [6.45, 7) is 10.9. The molecule has 1 saturated carbocycles. The smallest absolute Gasteiger partial charge is 0.0897 e. The van der Waals surface area contributed by atoms with Crippen LogP contribution in [0, 0.1) is 17.8 Å². The van der Waals surface area contributed by atoms with Crippen LogP contribution in [0.3, 0.4) is 0 Å². The minimum absolute atomic E-state index is 0.244. The Morgan fingerprint density at radius 3 is 2.53 bits per heavy atom. The fourth-order valence-electron chi connectivity index (χ4n) is 2.18. The Kier molecular flexibility index (Phi) is 6.45. The van der Waals surface area contributed by atoms with Gasteiger partial charge < -0.3 is 15.2 Å². The fourth-order valence-corrected chi connectivity index (χ4v) is 2.18. The monoisotopic (exact) mass is 243 g/mol. The number of nitrogens with one attached hydrogen (secondary N) is 1. The largest absolute Gasteiger partial charge is 0.389 e. The van der Waals surface area contributed by atoms with E-state index in [1.54, 1.807) is 0 Å². The van der Waals surface area contributed by atoms with Gasteiger partial charge in [0.1, 0.15) is 0 Å². The van der Waals surface area contributed by atoms with Crippen LogP contribution >= 0.6 is 0 Å². The minimum atomic E-state index is -0.376. The Balaban J connectivity index is 1.94. The molecule has 0 amide bonds. The zero-order valence-electron chi connectivity index (χ0n) is 11.8. The molecular weight excluding hydrogens is 214 g/mol. The highest BCUT2D eigenvalue weighted by Gasteiger charge is 2.31. The molecule has 0 radical (unpaired) electrons. The zero-order valence-corrected chi connectivity index (χ0v) is 11.8. The van der Waals surface area contributed by atoms with Gasteiger partial charge in [0.2, 0.25) is 0 Å². The molecule has 1 aliphatic carbocycles. The lowest BCUT2D eigenvalue weighted by Crippen LogP contribution is -2.33. The van der Waals surface area contributed by atoms with Gasteiger partial charge in [-0.3, -0.25) is 0 Å². The Labute approximate surface area is 106 Å². The molecule has 0 spiro atoms. The molecule has 3 heteroatoms. The quantitative estimate of drug-likeness (QED) is 0.651. The number of rotatable bonds is 9. The molecule has 1 fully saturated rings. The Hall–Kier alpha value is -0.120. The van der Waals surface area contributed by atoms with Crippen LogP contribution in [-0.2, 0) is 4.74 Å². The van der Waals surface area contributed by atoms with Crippen molar-refractivity contribution in [1.82, 2.24) is 5.32 Å². The van der Waals surface area contributed by atoms with Crippen LogP contribution in [0.25, 0.3) is 0 Å². The first kappa shape index (κ1) is 14.9. The molecule has 0 aliphatic heterocycles.